The fourth-order valence-electron chi connectivity index (χ4n) is 12.4. The molecule has 0 saturated carbocycles. The fourth-order valence-corrected chi connectivity index (χ4v) is 12.4. The molecule has 94 heavy (non-hydrogen) atoms. The van der Waals surface area contributed by atoms with Crippen molar-refractivity contribution in [3.05, 3.63) is 273 Å². The molecule has 2 aromatic heterocycles. The predicted molar refractivity (Wildman–Crippen MR) is 385 cm³/mol. The van der Waals surface area contributed by atoms with Gasteiger partial charge in [-0.15, -0.1) is 70.8 Å². The number of hydrogen-bond donors (Lipinski definition) is 2. The molecule has 2 heterocycles. The van der Waals surface area contributed by atoms with Crippen LogP contribution >= 0.6 is 0 Å². The Labute approximate surface area is 587 Å². The van der Waals surface area contributed by atoms with E-state index in [2.05, 4.69) is 211 Å². The number of ketones is 2. The Kier molecular flexibility index (Phi) is 26.7. The third-order valence-corrected chi connectivity index (χ3v) is 17.2. The molecule has 0 spiro atoms. The van der Waals surface area contributed by atoms with Crippen molar-refractivity contribution in [1.29, 1.82) is 0 Å². The summed E-state index contributed by atoms with van der Waals surface area (Å²) in [4.78, 5) is 31.0. The summed E-state index contributed by atoms with van der Waals surface area (Å²) < 4.78 is 0. The molecular formula is C86H92Ir2N2O4-2. The topological polar surface area (TPSA) is 100 Å². The number of allylic oxidation sites excluding steroid dienone is 4. The van der Waals surface area contributed by atoms with Gasteiger partial charge in [0.1, 0.15) is 0 Å². The number of nitrogens with zero attached hydrogens (tertiary/aromatic N) is 2. The maximum Gasteiger partial charge on any atom is 0.159 e. The number of aromatic nitrogens is 2. The fraction of sp³-hybridized carbons (Fsp3) is 0.302. The van der Waals surface area contributed by atoms with Crippen molar-refractivity contribution in [3.8, 4) is 44.8 Å². The Morgan fingerprint density at radius 3 is 1.59 bits per heavy atom. The van der Waals surface area contributed by atoms with Gasteiger partial charge in [0, 0.05) is 71.4 Å². The van der Waals surface area contributed by atoms with Gasteiger partial charge in [0.25, 0.3) is 0 Å². The molecule has 10 aromatic rings. The molecular weight excluding hydrogens is 1510 g/mol. The van der Waals surface area contributed by atoms with Crippen molar-refractivity contribution in [2.75, 3.05) is 0 Å². The molecule has 0 saturated heterocycles. The first-order valence-electron chi connectivity index (χ1n) is 33.1. The minimum absolute atomic E-state index is 0. The average Bonchev–Trinajstić information content (AvgIpc) is 0.835. The molecule has 0 aliphatic heterocycles. The molecule has 0 fully saturated rings. The summed E-state index contributed by atoms with van der Waals surface area (Å²) in [5, 5.41) is 21.3. The molecule has 8 bridgehead atoms. The number of para-hydroxylation sites is 1. The second kappa shape index (κ2) is 34.1. The van der Waals surface area contributed by atoms with Crippen molar-refractivity contribution in [2.24, 2.45) is 11.8 Å². The first-order valence-corrected chi connectivity index (χ1v) is 33.1. The molecule has 0 atom stereocenters. The van der Waals surface area contributed by atoms with E-state index in [9.17, 15) is 14.7 Å². The number of aliphatic hydroxyl groups excluding tert-OH is 2. The standard InChI is InChI=1S/C36H34N.C34H30N.C11H20O2.C5H8O2.2Ir/c1-24-18-25-8-12-27(24)13-9-26-11-15-28(14-10-25)34(19-26)29-6-5-7-30(20-29)35-22-32-21-33(36(2,3)4)17-16-31(32)23-37-35;1-23(2)31-20-24-10-14-26(31)15-11-25-13-17-27(16-12-24)32(21-25)29-7-5-8-30(22-29)34-19-18-28-6-3-4-9-33(28)35-34;1-8(2)5-10(12)7-11(13)6-9(3)4;1-4(6)3-5(2)7;;/h5-6,8,11-12,15-23H,9-10,13-14H2,1-4H3;3-7,9-10,13-14,17-23H,11-12,15-16H2,1-2H3;7-9,12H,5-6H2,1-4H3;3,6H,1-2H3;;/q2*-1;;;;. The van der Waals surface area contributed by atoms with Crippen LogP contribution < -0.4 is 0 Å². The van der Waals surface area contributed by atoms with Crippen LogP contribution in [-0.2, 0) is 107 Å². The number of aliphatic hydroxyl groups is 2. The number of aryl methyl sites for hydroxylation is 9. The van der Waals surface area contributed by atoms with Crippen LogP contribution in [-0.4, -0.2) is 31.7 Å². The molecule has 0 unspecified atom stereocenters. The summed E-state index contributed by atoms with van der Waals surface area (Å²) in [6.45, 7) is 24.5. The van der Waals surface area contributed by atoms with Gasteiger partial charge in [-0.1, -0.05) is 190 Å². The van der Waals surface area contributed by atoms with Crippen molar-refractivity contribution in [2.45, 2.75) is 159 Å². The van der Waals surface area contributed by atoms with Gasteiger partial charge in [-0.05, 0) is 201 Å². The number of hydrogen-bond acceptors (Lipinski definition) is 6. The summed E-state index contributed by atoms with van der Waals surface area (Å²) in [5.41, 5.74) is 26.1. The van der Waals surface area contributed by atoms with Crippen LogP contribution in [0.15, 0.2) is 200 Å². The van der Waals surface area contributed by atoms with Crippen LogP contribution in [0.1, 0.15) is 156 Å². The normalized spacial score (nSPS) is 12.8. The second-order valence-corrected chi connectivity index (χ2v) is 27.4. The van der Waals surface area contributed by atoms with Crippen LogP contribution in [0.25, 0.3) is 66.4 Å². The molecule has 8 aromatic carbocycles. The van der Waals surface area contributed by atoms with Gasteiger partial charge >= 0.3 is 0 Å². The smallest absolute Gasteiger partial charge is 0.159 e. The third-order valence-electron chi connectivity index (χ3n) is 17.2. The predicted octanol–water partition coefficient (Wildman–Crippen LogP) is 21.4. The van der Waals surface area contributed by atoms with E-state index in [0.29, 0.717) is 30.6 Å². The summed E-state index contributed by atoms with van der Waals surface area (Å²) in [5.74, 6) is 1.48. The van der Waals surface area contributed by atoms with E-state index in [1.54, 1.807) is 0 Å². The zero-order valence-electron chi connectivity index (χ0n) is 57.0. The van der Waals surface area contributed by atoms with Crippen LogP contribution in [0.3, 0.4) is 0 Å². The molecule has 18 rings (SSSR count). The Balaban J connectivity index is 0.000000204. The summed E-state index contributed by atoms with van der Waals surface area (Å²) in [6, 6.07) is 69.8. The van der Waals surface area contributed by atoms with Crippen molar-refractivity contribution in [1.82, 2.24) is 9.97 Å². The Bertz CT molecular complexity index is 4310. The van der Waals surface area contributed by atoms with Gasteiger partial charge < -0.3 is 15.2 Å². The van der Waals surface area contributed by atoms with Crippen molar-refractivity contribution in [3.63, 3.8) is 0 Å². The van der Waals surface area contributed by atoms with Gasteiger partial charge in [-0.25, -0.2) is 0 Å². The minimum atomic E-state index is -0.125. The van der Waals surface area contributed by atoms with Gasteiger partial charge in [-0.3, -0.25) is 14.6 Å². The molecule has 490 valence electrons. The average molecular weight is 1600 g/mol. The maximum absolute atomic E-state index is 11.2. The van der Waals surface area contributed by atoms with Gasteiger partial charge in [0.2, 0.25) is 0 Å². The van der Waals surface area contributed by atoms with E-state index in [1.807, 2.05) is 46.0 Å². The van der Waals surface area contributed by atoms with Crippen LogP contribution in [0.2, 0.25) is 0 Å². The molecule has 2 radical (unpaired) electrons. The number of fused-ring (bicyclic) bond motifs is 2. The second-order valence-electron chi connectivity index (χ2n) is 27.4. The largest absolute Gasteiger partial charge is 0.512 e. The molecule has 6 nitrogen and oxygen atoms in total. The van der Waals surface area contributed by atoms with E-state index in [1.165, 1.54) is 120 Å². The van der Waals surface area contributed by atoms with Crippen molar-refractivity contribution >= 4 is 33.2 Å². The summed E-state index contributed by atoms with van der Waals surface area (Å²) >= 11 is 0. The Morgan fingerprint density at radius 1 is 0.521 bits per heavy atom. The number of benzene rings is 8. The van der Waals surface area contributed by atoms with Crippen LogP contribution in [0.5, 0.6) is 0 Å². The van der Waals surface area contributed by atoms with Crippen LogP contribution in [0.4, 0.5) is 0 Å². The number of carbonyl (C=O) groups is 2. The first kappa shape index (κ1) is 73.7. The van der Waals surface area contributed by atoms with E-state index in [-0.39, 0.29) is 68.7 Å². The number of carbonyl (C=O) groups excluding carboxylic acids is 2. The van der Waals surface area contributed by atoms with Gasteiger partial charge in [0.15, 0.2) is 11.6 Å². The molecule has 2 N–H and O–H groups in total. The van der Waals surface area contributed by atoms with Gasteiger partial charge in [0.05, 0.1) is 17.0 Å². The quantitative estimate of drug-likeness (QED) is 0.0760. The maximum atomic E-state index is 11.2. The summed E-state index contributed by atoms with van der Waals surface area (Å²) in [6.07, 6.45) is 14.1. The molecule has 8 aliphatic rings. The first-order chi connectivity index (χ1) is 44.0. The van der Waals surface area contributed by atoms with E-state index < -0.39 is 0 Å². The summed E-state index contributed by atoms with van der Waals surface area (Å²) in [7, 11) is 0. The van der Waals surface area contributed by atoms with E-state index >= 15 is 0 Å². The monoisotopic (exact) mass is 1600 g/mol. The van der Waals surface area contributed by atoms with Gasteiger partial charge in [-0.2, -0.15) is 0 Å². The van der Waals surface area contributed by atoms with Crippen LogP contribution in [0, 0.1) is 30.9 Å². The number of pyridine rings is 2. The molecule has 0 amide bonds. The van der Waals surface area contributed by atoms with E-state index in [0.717, 1.165) is 84.8 Å². The SMILES string of the molecule is CC(=O)C=C(C)O.CC(C)CC(=O)C=C(O)CC(C)C.CC(C)c1cc2ccc1CCc1ccc(c(-c3cc[c-]c(-c4ccc5ccccc5n4)c3)c1)CC2.Cc1cc2ccc1CCc1ccc(c(-c3cc[c-]c(-c4cc5cc(C(C)(C)C)ccc5cn4)c3)c1)CC2.[Ir].[Ir]. The molecule has 8 aliphatic carbocycles. The Hall–Kier alpha value is -7.70. The Morgan fingerprint density at radius 2 is 1.04 bits per heavy atom. The zero-order chi connectivity index (χ0) is 65.6. The van der Waals surface area contributed by atoms with E-state index in [4.69, 9.17) is 15.1 Å². The zero-order valence-corrected chi connectivity index (χ0v) is 61.8. The minimum Gasteiger partial charge on any atom is -0.512 e. The molecule has 8 heteroatoms. The number of rotatable bonds is 11. The third kappa shape index (κ3) is 20.7. The van der Waals surface area contributed by atoms with Crippen molar-refractivity contribution < 1.29 is 60.0 Å².